The quantitative estimate of drug-likeness (QED) is 0.298. The Morgan fingerprint density at radius 2 is 1.79 bits per heavy atom. The molecule has 1 aliphatic rings. The number of esters is 1. The summed E-state index contributed by atoms with van der Waals surface area (Å²) in [6.07, 6.45) is 0.690. The maximum absolute atomic E-state index is 12.7. The molecule has 0 N–H and O–H groups in total. The van der Waals surface area contributed by atoms with Gasteiger partial charge in [-0.1, -0.05) is 26.7 Å². The molecule has 0 spiro atoms. The van der Waals surface area contributed by atoms with Gasteiger partial charge in [0, 0.05) is 12.5 Å². The first kappa shape index (κ1) is 24.5. The Labute approximate surface area is 171 Å². The Balaban J connectivity index is 3.15. The minimum atomic E-state index is -2.17. The highest BCUT2D eigenvalue weighted by Crippen LogP contribution is 2.38. The molecule has 160 valence electrons. The summed E-state index contributed by atoms with van der Waals surface area (Å²) in [4.78, 5) is 26.2. The van der Waals surface area contributed by atoms with Crippen LogP contribution < -0.4 is 0 Å². The normalized spacial score (nSPS) is 18.9. The first-order valence-corrected chi connectivity index (χ1v) is 12.9. The summed E-state index contributed by atoms with van der Waals surface area (Å²) in [5, 5.41) is -0.0216. The molecule has 0 bridgehead atoms. The number of nitrogens with zero attached hydrogens (tertiary/aromatic N) is 1. The second kappa shape index (κ2) is 9.32. The molecule has 1 saturated heterocycles. The van der Waals surface area contributed by atoms with Crippen molar-refractivity contribution >= 4 is 20.4 Å². The molecule has 1 heterocycles. The third-order valence-electron chi connectivity index (χ3n) is 5.10. The zero-order valence-electron chi connectivity index (χ0n) is 19.0. The van der Waals surface area contributed by atoms with E-state index in [1.165, 1.54) is 0 Å². The number of carbonyl (C=O) groups excluding carboxylic acids is 2. The summed E-state index contributed by atoms with van der Waals surface area (Å²) in [6.45, 7) is 18.9. The molecule has 0 saturated carbocycles. The van der Waals surface area contributed by atoms with E-state index in [4.69, 9.17) is 13.9 Å². The van der Waals surface area contributed by atoms with E-state index in [0.29, 0.717) is 6.54 Å². The van der Waals surface area contributed by atoms with Gasteiger partial charge in [0.05, 0.1) is 12.6 Å². The number of carbonyl (C=O) groups is 2. The average Bonchev–Trinajstić information content (AvgIpc) is 2.98. The Hall–Kier alpha value is -1.52. The minimum absolute atomic E-state index is 0.0216. The lowest BCUT2D eigenvalue weighted by molar-refractivity contribution is -0.136. The first-order chi connectivity index (χ1) is 12.7. The van der Waals surface area contributed by atoms with Gasteiger partial charge in [0.15, 0.2) is 8.32 Å². The molecule has 6 nitrogen and oxygen atoms in total. The van der Waals surface area contributed by atoms with Crippen molar-refractivity contribution in [3.63, 3.8) is 0 Å². The Morgan fingerprint density at radius 3 is 2.29 bits per heavy atom. The number of hydrogen-bond acceptors (Lipinski definition) is 5. The van der Waals surface area contributed by atoms with E-state index in [1.807, 2.05) is 20.8 Å². The number of hydrogen-bond donors (Lipinski definition) is 0. The van der Waals surface area contributed by atoms with Crippen molar-refractivity contribution in [1.82, 2.24) is 4.90 Å². The fraction of sp³-hybridized carbons (Fsp3) is 0.810. The third-order valence-corrected chi connectivity index (χ3v) is 9.55. The van der Waals surface area contributed by atoms with Crippen LogP contribution in [0, 0.1) is 11.8 Å². The number of amides is 1. The largest absolute Gasteiger partial charge is 0.456 e. The van der Waals surface area contributed by atoms with Gasteiger partial charge in [0.1, 0.15) is 11.7 Å². The number of ether oxygens (including phenoxy) is 2. The van der Waals surface area contributed by atoms with E-state index < -0.39 is 26.0 Å². The van der Waals surface area contributed by atoms with E-state index >= 15 is 0 Å². The lowest BCUT2D eigenvalue weighted by atomic mass is 10.1. The van der Waals surface area contributed by atoms with Gasteiger partial charge in [-0.25, -0.2) is 9.59 Å². The molecule has 7 heteroatoms. The average molecular weight is 412 g/mol. The predicted octanol–water partition coefficient (Wildman–Crippen LogP) is 4.34. The lowest BCUT2D eigenvalue weighted by Gasteiger charge is -2.40. The minimum Gasteiger partial charge on any atom is -0.456 e. The Morgan fingerprint density at radius 1 is 1.18 bits per heavy atom. The molecule has 0 unspecified atom stereocenters. The molecule has 1 amide bonds. The molecule has 1 rings (SSSR count). The van der Waals surface area contributed by atoms with Crippen LogP contribution in [0.1, 0.15) is 61.3 Å². The highest BCUT2D eigenvalue weighted by atomic mass is 28.4. The molecule has 0 aromatic rings. The molecule has 0 radical (unpaired) electrons. The van der Waals surface area contributed by atoms with Gasteiger partial charge in [-0.3, -0.25) is 0 Å². The summed E-state index contributed by atoms with van der Waals surface area (Å²) in [5.41, 5.74) is -0.573. The van der Waals surface area contributed by atoms with E-state index in [0.717, 1.165) is 12.8 Å². The predicted molar refractivity (Wildman–Crippen MR) is 112 cm³/mol. The van der Waals surface area contributed by atoms with Gasteiger partial charge in [-0.05, 0) is 58.7 Å². The van der Waals surface area contributed by atoms with Crippen LogP contribution in [0.5, 0.6) is 0 Å². The topological polar surface area (TPSA) is 65.1 Å². The maximum Gasteiger partial charge on any atom is 0.410 e. The molecule has 0 aromatic carbocycles. The fourth-order valence-electron chi connectivity index (χ4n) is 2.65. The van der Waals surface area contributed by atoms with Gasteiger partial charge >= 0.3 is 12.1 Å². The highest BCUT2D eigenvalue weighted by molar-refractivity contribution is 6.74. The standard InChI is InChI=1S/C21H37NO5Si/c1-10-25-18(23)14-13-17(27-28(8,9)21(5,6)7)16-12-11-15-22(16)19(24)26-20(2,3)4/h16-17H,10-12,15H2,1-9H3/t16-,17+/m0/s1. The zero-order valence-corrected chi connectivity index (χ0v) is 20.0. The summed E-state index contributed by atoms with van der Waals surface area (Å²) >= 11 is 0. The first-order valence-electron chi connectivity index (χ1n) is 10.0. The monoisotopic (exact) mass is 411 g/mol. The molecular weight excluding hydrogens is 374 g/mol. The molecule has 0 aromatic heterocycles. The fourth-order valence-corrected chi connectivity index (χ4v) is 3.85. The summed E-state index contributed by atoms with van der Waals surface area (Å²) in [6, 6.07) is -0.245. The van der Waals surface area contributed by atoms with E-state index in [9.17, 15) is 9.59 Å². The third kappa shape index (κ3) is 7.14. The molecular formula is C21H37NO5Si. The highest BCUT2D eigenvalue weighted by Gasteiger charge is 2.44. The van der Waals surface area contributed by atoms with Crippen LogP contribution >= 0.6 is 0 Å². The molecule has 2 atom stereocenters. The van der Waals surface area contributed by atoms with Crippen molar-refractivity contribution in [2.24, 2.45) is 0 Å². The van der Waals surface area contributed by atoms with E-state index in [1.54, 1.807) is 11.8 Å². The van der Waals surface area contributed by atoms with Crippen molar-refractivity contribution in [3.8, 4) is 11.8 Å². The van der Waals surface area contributed by atoms with Crippen LogP contribution in [-0.2, 0) is 18.7 Å². The number of rotatable bonds is 4. The van der Waals surface area contributed by atoms with Crippen molar-refractivity contribution < 1.29 is 23.5 Å². The van der Waals surface area contributed by atoms with Crippen LogP contribution in [0.2, 0.25) is 18.1 Å². The van der Waals surface area contributed by atoms with Crippen LogP contribution in [-0.4, -0.2) is 56.2 Å². The second-order valence-corrected chi connectivity index (χ2v) is 14.4. The van der Waals surface area contributed by atoms with Crippen LogP contribution in [0.3, 0.4) is 0 Å². The second-order valence-electron chi connectivity index (χ2n) is 9.67. The van der Waals surface area contributed by atoms with Crippen LogP contribution in [0.4, 0.5) is 4.79 Å². The van der Waals surface area contributed by atoms with Crippen molar-refractivity contribution in [3.05, 3.63) is 0 Å². The van der Waals surface area contributed by atoms with Gasteiger partial charge < -0.3 is 18.8 Å². The van der Waals surface area contributed by atoms with E-state index in [-0.39, 0.29) is 23.8 Å². The van der Waals surface area contributed by atoms with Crippen LogP contribution in [0.25, 0.3) is 0 Å². The van der Waals surface area contributed by atoms with Gasteiger partial charge in [0.25, 0.3) is 0 Å². The summed E-state index contributed by atoms with van der Waals surface area (Å²) in [5.74, 6) is 4.93. The van der Waals surface area contributed by atoms with Gasteiger partial charge in [-0.2, -0.15) is 0 Å². The van der Waals surface area contributed by atoms with Gasteiger partial charge in [0.2, 0.25) is 0 Å². The van der Waals surface area contributed by atoms with Gasteiger partial charge in [-0.15, -0.1) is 0 Å². The lowest BCUT2D eigenvalue weighted by Crippen LogP contribution is -2.51. The number of likely N-dealkylation sites (tertiary alicyclic amines) is 1. The van der Waals surface area contributed by atoms with E-state index in [2.05, 4.69) is 45.7 Å². The summed E-state index contributed by atoms with van der Waals surface area (Å²) < 4.78 is 17.0. The Bertz CT molecular complexity index is 621. The maximum atomic E-state index is 12.7. The SMILES string of the molecule is CCOC(=O)C#C[C@@H](O[Si](C)(C)C(C)(C)C)[C@@H]1CCCN1C(=O)OC(C)(C)C. The zero-order chi connectivity index (χ0) is 21.8. The van der Waals surface area contributed by atoms with Crippen LogP contribution in [0.15, 0.2) is 0 Å². The molecule has 1 fully saturated rings. The summed E-state index contributed by atoms with van der Waals surface area (Å²) in [7, 11) is -2.17. The molecule has 1 aliphatic heterocycles. The van der Waals surface area contributed by atoms with Crippen molar-refractivity contribution in [1.29, 1.82) is 0 Å². The van der Waals surface area contributed by atoms with Crippen molar-refractivity contribution in [2.75, 3.05) is 13.2 Å². The van der Waals surface area contributed by atoms with Crippen molar-refractivity contribution in [2.45, 2.75) is 97.2 Å². The molecule has 28 heavy (non-hydrogen) atoms. The smallest absolute Gasteiger partial charge is 0.410 e. The Kier molecular flexibility index (Phi) is 8.16. The molecule has 0 aliphatic carbocycles.